The van der Waals surface area contributed by atoms with Crippen LogP contribution in [-0.2, 0) is 22.3 Å². The standard InChI is InChI=1S/C33H41NO3S/c1-35-26-12-11-24-17-27-31-14-15-33(36-2,25(18-31)21-38-20-23-7-4-3-5-8-23)30-32(31,28(24)29(26)37-30)13-6-16-34(27)19-22-9-10-22/h3-5,7-8,11-12,22,25,27,30H,6,9-10,13-21H2,1-2H3. The highest BCUT2D eigenvalue weighted by Crippen LogP contribution is 2.76. The molecule has 4 nitrogen and oxygen atoms in total. The number of ether oxygens (including phenoxy) is 3. The first kappa shape index (κ1) is 24.1. The molecule has 0 amide bonds. The van der Waals surface area contributed by atoms with Crippen LogP contribution in [0.25, 0.3) is 0 Å². The van der Waals surface area contributed by atoms with Crippen molar-refractivity contribution in [3.8, 4) is 11.5 Å². The van der Waals surface area contributed by atoms with Crippen LogP contribution in [0.1, 0.15) is 61.6 Å². The van der Waals surface area contributed by atoms with E-state index in [1.54, 1.807) is 7.11 Å². The van der Waals surface area contributed by atoms with Crippen molar-refractivity contribution in [2.45, 2.75) is 80.3 Å². The molecule has 0 radical (unpaired) electrons. The number of thioether (sulfide) groups is 1. The van der Waals surface area contributed by atoms with E-state index < -0.39 is 0 Å². The molecule has 6 unspecified atom stereocenters. The van der Waals surface area contributed by atoms with E-state index in [2.05, 4.69) is 59.1 Å². The van der Waals surface area contributed by atoms with Gasteiger partial charge in [0.1, 0.15) is 11.7 Å². The lowest BCUT2D eigenvalue weighted by atomic mass is 9.36. The summed E-state index contributed by atoms with van der Waals surface area (Å²) in [6.07, 6.45) is 10.2. The van der Waals surface area contributed by atoms with Gasteiger partial charge in [-0.3, -0.25) is 4.90 Å². The van der Waals surface area contributed by atoms with Crippen molar-refractivity contribution in [1.29, 1.82) is 0 Å². The van der Waals surface area contributed by atoms with Crippen LogP contribution in [0.2, 0.25) is 0 Å². The molecule has 6 atom stereocenters. The van der Waals surface area contributed by atoms with Crippen LogP contribution in [0.5, 0.6) is 11.5 Å². The second-order valence-corrected chi connectivity index (χ2v) is 14.1. The molecule has 0 aromatic heterocycles. The van der Waals surface area contributed by atoms with Crippen LogP contribution < -0.4 is 9.47 Å². The molecule has 1 saturated heterocycles. The van der Waals surface area contributed by atoms with Gasteiger partial charge < -0.3 is 14.2 Å². The van der Waals surface area contributed by atoms with Crippen molar-refractivity contribution < 1.29 is 14.2 Å². The summed E-state index contributed by atoms with van der Waals surface area (Å²) in [7, 11) is 3.78. The number of rotatable bonds is 8. The summed E-state index contributed by atoms with van der Waals surface area (Å²) in [5, 5.41) is 0. The maximum absolute atomic E-state index is 7.22. The summed E-state index contributed by atoms with van der Waals surface area (Å²) in [6, 6.07) is 16.1. The van der Waals surface area contributed by atoms with Crippen molar-refractivity contribution >= 4 is 11.8 Å². The maximum atomic E-state index is 7.22. The van der Waals surface area contributed by atoms with Gasteiger partial charge >= 0.3 is 0 Å². The Hall–Kier alpha value is -1.69. The van der Waals surface area contributed by atoms with Crippen molar-refractivity contribution in [2.75, 3.05) is 33.1 Å². The molecular weight excluding hydrogens is 490 g/mol. The number of hydrogen-bond acceptors (Lipinski definition) is 5. The van der Waals surface area contributed by atoms with Gasteiger partial charge in [-0.1, -0.05) is 36.4 Å². The van der Waals surface area contributed by atoms with Crippen molar-refractivity contribution in [3.63, 3.8) is 0 Å². The monoisotopic (exact) mass is 531 g/mol. The Bertz CT molecular complexity index is 1230. The van der Waals surface area contributed by atoms with Crippen molar-refractivity contribution in [3.05, 3.63) is 59.2 Å². The Morgan fingerprint density at radius 1 is 1.05 bits per heavy atom. The lowest BCUT2D eigenvalue weighted by Crippen LogP contribution is -2.78. The summed E-state index contributed by atoms with van der Waals surface area (Å²) < 4.78 is 19.9. The molecule has 0 N–H and O–H groups in total. The molecule has 38 heavy (non-hydrogen) atoms. The zero-order valence-electron chi connectivity index (χ0n) is 22.9. The topological polar surface area (TPSA) is 30.9 Å². The molecule has 202 valence electrons. The minimum absolute atomic E-state index is 0.0439. The van der Waals surface area contributed by atoms with Crippen molar-refractivity contribution in [2.24, 2.45) is 17.3 Å². The first-order valence-corrected chi connectivity index (χ1v) is 16.1. The van der Waals surface area contributed by atoms with Gasteiger partial charge in [-0.05, 0) is 86.8 Å². The SMILES string of the molecule is COc1ccc2c3c1OC1C4(OC)CCC5(CC4CSCc4ccccc4)C(C2)N(CC2CC2)CCCC315. The molecule has 4 saturated carbocycles. The Labute approximate surface area is 231 Å². The van der Waals surface area contributed by atoms with Crippen LogP contribution in [0.3, 0.4) is 0 Å². The van der Waals surface area contributed by atoms with E-state index in [9.17, 15) is 0 Å². The number of hydrogen-bond donors (Lipinski definition) is 0. The number of methoxy groups -OCH3 is 2. The largest absolute Gasteiger partial charge is 0.493 e. The number of benzene rings is 2. The summed E-state index contributed by atoms with van der Waals surface area (Å²) in [5.74, 6) is 5.59. The van der Waals surface area contributed by atoms with E-state index in [1.807, 2.05) is 7.11 Å². The number of nitrogens with zero attached hydrogens (tertiary/aromatic N) is 1. The molecule has 2 heterocycles. The van der Waals surface area contributed by atoms with Gasteiger partial charge in [-0.15, -0.1) is 0 Å². The third-order valence-electron chi connectivity index (χ3n) is 11.7. The van der Waals surface area contributed by atoms with Crippen LogP contribution >= 0.6 is 11.8 Å². The number of likely N-dealkylation sites (tertiary alicyclic amines) is 1. The van der Waals surface area contributed by atoms with Gasteiger partial charge in [0.05, 0.1) is 7.11 Å². The first-order chi connectivity index (χ1) is 18.6. The quantitative estimate of drug-likeness (QED) is 0.402. The van der Waals surface area contributed by atoms with Gasteiger partial charge in [0.2, 0.25) is 0 Å². The smallest absolute Gasteiger partial charge is 0.165 e. The van der Waals surface area contributed by atoms with Crippen LogP contribution in [0.15, 0.2) is 42.5 Å². The molecule has 4 bridgehead atoms. The lowest BCUT2D eigenvalue weighted by molar-refractivity contribution is -0.256. The molecule has 7 aliphatic rings. The average molecular weight is 532 g/mol. The third kappa shape index (κ3) is 3.07. The summed E-state index contributed by atoms with van der Waals surface area (Å²) in [6.45, 7) is 2.54. The summed E-state index contributed by atoms with van der Waals surface area (Å²) in [5.41, 5.74) is 4.52. The molecule has 2 aromatic carbocycles. The fourth-order valence-corrected chi connectivity index (χ4v) is 11.3. The van der Waals surface area contributed by atoms with Gasteiger partial charge in [-0.2, -0.15) is 11.8 Å². The van der Waals surface area contributed by atoms with E-state index in [0.29, 0.717) is 12.0 Å². The molecule has 5 heteroatoms. The van der Waals surface area contributed by atoms with Gasteiger partial charge in [0, 0.05) is 47.8 Å². The van der Waals surface area contributed by atoms with E-state index in [0.717, 1.165) is 35.3 Å². The molecule has 5 aliphatic carbocycles. The van der Waals surface area contributed by atoms with E-state index >= 15 is 0 Å². The molecular formula is C33H41NO3S. The second kappa shape index (κ2) is 8.65. The second-order valence-electron chi connectivity index (χ2n) is 13.1. The Morgan fingerprint density at radius 3 is 2.71 bits per heavy atom. The zero-order valence-corrected chi connectivity index (χ0v) is 23.7. The lowest BCUT2D eigenvalue weighted by Gasteiger charge is -2.71. The normalized spacial score (nSPS) is 38.4. The predicted molar refractivity (Wildman–Crippen MR) is 152 cm³/mol. The van der Waals surface area contributed by atoms with Gasteiger partial charge in [-0.25, -0.2) is 0 Å². The molecule has 2 spiro atoms. The minimum Gasteiger partial charge on any atom is -0.493 e. The average Bonchev–Trinajstić information content (AvgIpc) is 3.70. The van der Waals surface area contributed by atoms with E-state index in [1.165, 1.54) is 74.7 Å². The molecule has 2 aromatic rings. The highest BCUT2D eigenvalue weighted by molar-refractivity contribution is 7.98. The summed E-state index contributed by atoms with van der Waals surface area (Å²) >= 11 is 2.10. The van der Waals surface area contributed by atoms with Gasteiger partial charge in [0.25, 0.3) is 0 Å². The van der Waals surface area contributed by atoms with E-state index in [4.69, 9.17) is 14.2 Å². The maximum Gasteiger partial charge on any atom is 0.165 e. The van der Waals surface area contributed by atoms with Gasteiger partial charge in [0.15, 0.2) is 11.5 Å². The molecule has 2 aliphatic heterocycles. The van der Waals surface area contributed by atoms with Crippen molar-refractivity contribution in [1.82, 2.24) is 4.90 Å². The Kier molecular flexibility index (Phi) is 5.50. The highest BCUT2D eigenvalue weighted by atomic mass is 32.2. The fraction of sp³-hybridized carbons (Fsp3) is 0.636. The summed E-state index contributed by atoms with van der Waals surface area (Å²) in [4.78, 5) is 2.97. The number of fused-ring (bicyclic) bond motifs is 2. The Morgan fingerprint density at radius 2 is 1.92 bits per heavy atom. The first-order valence-electron chi connectivity index (χ1n) is 14.9. The van der Waals surface area contributed by atoms with Crippen LogP contribution in [0.4, 0.5) is 0 Å². The third-order valence-corrected chi connectivity index (χ3v) is 12.8. The van der Waals surface area contributed by atoms with E-state index in [-0.39, 0.29) is 22.5 Å². The van der Waals surface area contributed by atoms with Crippen LogP contribution in [0, 0.1) is 17.3 Å². The minimum atomic E-state index is -0.236. The predicted octanol–water partition coefficient (Wildman–Crippen LogP) is 6.24. The molecule has 9 rings (SSSR count). The highest BCUT2D eigenvalue weighted by Gasteiger charge is 2.79. The zero-order chi connectivity index (χ0) is 25.5. The Balaban J connectivity index is 1.24. The van der Waals surface area contributed by atoms with Crippen LogP contribution in [-0.4, -0.2) is 55.7 Å². The molecule has 5 fully saturated rings. The fourth-order valence-electron chi connectivity index (χ4n) is 10.0.